The van der Waals surface area contributed by atoms with Crippen LogP contribution in [0.2, 0.25) is 10.0 Å². The molecule has 0 bridgehead atoms. The van der Waals surface area contributed by atoms with E-state index < -0.39 is 10.7 Å². The summed E-state index contributed by atoms with van der Waals surface area (Å²) in [5.74, 6) is -0.709. The van der Waals surface area contributed by atoms with E-state index in [2.05, 4.69) is 10.6 Å². The first-order valence-corrected chi connectivity index (χ1v) is 6.55. The van der Waals surface area contributed by atoms with E-state index in [4.69, 9.17) is 23.2 Å². The lowest BCUT2D eigenvalue weighted by atomic mass is 10.2. The number of nitrogens with one attached hydrogen (secondary N) is 2. The molecule has 5 nitrogen and oxygen atoms in total. The van der Waals surface area contributed by atoms with Gasteiger partial charge in [0.05, 0.1) is 15.0 Å². The molecule has 0 aliphatic carbocycles. The molecule has 2 N–H and O–H groups in total. The zero-order valence-electron chi connectivity index (χ0n) is 10.8. The molecule has 0 aliphatic heterocycles. The monoisotopic (exact) mass is 329 g/mol. The lowest BCUT2D eigenvalue weighted by Gasteiger charge is -2.10. The van der Waals surface area contributed by atoms with E-state index in [9.17, 15) is 14.5 Å². The molecule has 0 saturated heterocycles. The number of hydrogen-bond donors (Lipinski definition) is 2. The van der Waals surface area contributed by atoms with Crippen LogP contribution < -0.4 is 10.6 Å². The van der Waals surface area contributed by atoms with Gasteiger partial charge in [0.1, 0.15) is 0 Å². The highest BCUT2D eigenvalue weighted by Crippen LogP contribution is 2.31. The molecular formula is C13H10Cl2FN3O2. The molecule has 0 radical (unpaired) electrons. The van der Waals surface area contributed by atoms with E-state index in [1.54, 1.807) is 13.1 Å². The van der Waals surface area contributed by atoms with E-state index in [1.807, 2.05) is 0 Å². The average Bonchev–Trinajstić information content (AvgIpc) is 2.44. The molecule has 0 amide bonds. The molecule has 0 unspecified atom stereocenters. The van der Waals surface area contributed by atoms with Crippen LogP contribution in [0.5, 0.6) is 0 Å². The minimum atomic E-state index is -0.709. The van der Waals surface area contributed by atoms with Gasteiger partial charge in [0.2, 0.25) is 0 Å². The van der Waals surface area contributed by atoms with E-state index in [0.29, 0.717) is 17.1 Å². The predicted molar refractivity (Wildman–Crippen MR) is 82.3 cm³/mol. The van der Waals surface area contributed by atoms with Crippen LogP contribution in [-0.2, 0) is 0 Å². The Labute approximate surface area is 129 Å². The number of anilines is 3. The highest BCUT2D eigenvalue weighted by Gasteiger charge is 2.11. The van der Waals surface area contributed by atoms with Crippen molar-refractivity contribution >= 4 is 46.0 Å². The quantitative estimate of drug-likeness (QED) is 0.479. The Morgan fingerprint density at radius 2 is 1.57 bits per heavy atom. The maximum absolute atomic E-state index is 13.3. The van der Waals surface area contributed by atoms with Crippen molar-refractivity contribution in [2.75, 3.05) is 17.7 Å². The number of halogens is 3. The second-order valence-electron chi connectivity index (χ2n) is 4.15. The fraction of sp³-hybridized carbons (Fsp3) is 0.0769. The molecule has 2 aromatic carbocycles. The van der Waals surface area contributed by atoms with Gasteiger partial charge in [0.15, 0.2) is 5.82 Å². The van der Waals surface area contributed by atoms with Gasteiger partial charge in [-0.2, -0.15) is 0 Å². The molecule has 8 heteroatoms. The third-order valence-corrected chi connectivity index (χ3v) is 3.24. The molecule has 0 heterocycles. The Balaban J connectivity index is 2.39. The molecule has 0 atom stereocenters. The number of hydrogen-bond acceptors (Lipinski definition) is 4. The van der Waals surface area contributed by atoms with Crippen LogP contribution in [0.15, 0.2) is 30.3 Å². The summed E-state index contributed by atoms with van der Waals surface area (Å²) in [7, 11) is 1.65. The number of nitro benzene ring substituents is 1. The van der Waals surface area contributed by atoms with Crippen molar-refractivity contribution in [3.05, 3.63) is 56.3 Å². The summed E-state index contributed by atoms with van der Waals surface area (Å²) in [6.07, 6.45) is 0. The van der Waals surface area contributed by atoms with Crippen LogP contribution in [0.3, 0.4) is 0 Å². The predicted octanol–water partition coefficient (Wildman–Crippen LogP) is 4.83. The molecule has 2 rings (SSSR count). The molecule has 2 aromatic rings. The first kappa shape index (κ1) is 15.3. The topological polar surface area (TPSA) is 67.2 Å². The minimum absolute atomic E-state index is 0.0799. The Kier molecular flexibility index (Phi) is 4.50. The maximum Gasteiger partial charge on any atom is 0.273 e. The molecular weight excluding hydrogens is 320 g/mol. The van der Waals surface area contributed by atoms with Crippen LogP contribution in [0, 0.1) is 15.9 Å². The number of nitro groups is 1. The van der Waals surface area contributed by atoms with Gasteiger partial charge in [-0.1, -0.05) is 23.2 Å². The van der Waals surface area contributed by atoms with Crippen LogP contribution in [-0.4, -0.2) is 12.0 Å². The number of benzene rings is 2. The highest BCUT2D eigenvalue weighted by molar-refractivity contribution is 6.35. The van der Waals surface area contributed by atoms with Crippen LogP contribution in [0.25, 0.3) is 0 Å². The standard InChI is InChI=1S/C13H10Cl2FN3O2/c1-17-7-2-8(4-10(3-7)19(20)21)18-9-5-11(14)13(16)12(15)6-9/h2-6,17-18H,1H3. The first-order chi connectivity index (χ1) is 9.90. The fourth-order valence-corrected chi connectivity index (χ4v) is 2.21. The molecule has 0 spiro atoms. The average molecular weight is 330 g/mol. The highest BCUT2D eigenvalue weighted by atomic mass is 35.5. The van der Waals surface area contributed by atoms with Crippen molar-refractivity contribution in [2.24, 2.45) is 0 Å². The summed E-state index contributed by atoms with van der Waals surface area (Å²) in [6, 6.07) is 7.11. The third kappa shape index (κ3) is 3.53. The van der Waals surface area contributed by atoms with Crippen molar-refractivity contribution in [2.45, 2.75) is 0 Å². The molecule has 0 saturated carbocycles. The van der Waals surface area contributed by atoms with Gasteiger partial charge in [-0.3, -0.25) is 10.1 Å². The van der Waals surface area contributed by atoms with Gasteiger partial charge < -0.3 is 10.6 Å². The van der Waals surface area contributed by atoms with Gasteiger partial charge in [0.25, 0.3) is 5.69 Å². The smallest absolute Gasteiger partial charge is 0.273 e. The number of rotatable bonds is 4. The second-order valence-corrected chi connectivity index (χ2v) is 4.97. The van der Waals surface area contributed by atoms with Gasteiger partial charge >= 0.3 is 0 Å². The van der Waals surface area contributed by atoms with Crippen molar-refractivity contribution in [1.82, 2.24) is 0 Å². The summed E-state index contributed by atoms with van der Waals surface area (Å²) < 4.78 is 13.3. The van der Waals surface area contributed by atoms with Crippen molar-refractivity contribution in [3.8, 4) is 0 Å². The van der Waals surface area contributed by atoms with Crippen molar-refractivity contribution in [1.29, 1.82) is 0 Å². The van der Waals surface area contributed by atoms with Crippen LogP contribution >= 0.6 is 23.2 Å². The largest absolute Gasteiger partial charge is 0.388 e. The lowest BCUT2D eigenvalue weighted by molar-refractivity contribution is -0.384. The Bertz CT molecular complexity index is 687. The Hall–Kier alpha value is -2.05. The van der Waals surface area contributed by atoms with Gasteiger partial charge in [-0.15, -0.1) is 0 Å². The fourth-order valence-electron chi connectivity index (χ4n) is 1.73. The number of non-ortho nitro benzene ring substituents is 1. The van der Waals surface area contributed by atoms with E-state index in [-0.39, 0.29) is 15.7 Å². The van der Waals surface area contributed by atoms with E-state index >= 15 is 0 Å². The first-order valence-electron chi connectivity index (χ1n) is 5.79. The summed E-state index contributed by atoms with van der Waals surface area (Å²) in [5, 5.41) is 16.3. The molecule has 0 fully saturated rings. The second kappa shape index (κ2) is 6.15. The maximum atomic E-state index is 13.3. The van der Waals surface area contributed by atoms with Crippen molar-refractivity contribution < 1.29 is 9.31 Å². The molecule has 0 aromatic heterocycles. The number of nitrogens with zero attached hydrogens (tertiary/aromatic N) is 1. The molecule has 21 heavy (non-hydrogen) atoms. The Morgan fingerprint density at radius 1 is 1.05 bits per heavy atom. The normalized spacial score (nSPS) is 10.3. The van der Waals surface area contributed by atoms with Crippen LogP contribution in [0.1, 0.15) is 0 Å². The molecule has 110 valence electrons. The lowest BCUT2D eigenvalue weighted by Crippen LogP contribution is -1.97. The zero-order chi connectivity index (χ0) is 15.6. The van der Waals surface area contributed by atoms with E-state index in [0.717, 1.165) is 0 Å². The summed E-state index contributed by atoms with van der Waals surface area (Å²) in [4.78, 5) is 10.4. The van der Waals surface area contributed by atoms with Gasteiger partial charge in [-0.25, -0.2) is 4.39 Å². The van der Waals surface area contributed by atoms with Gasteiger partial charge in [-0.05, 0) is 18.2 Å². The Morgan fingerprint density at radius 3 is 2.10 bits per heavy atom. The van der Waals surface area contributed by atoms with Gasteiger partial charge in [0, 0.05) is 36.2 Å². The summed E-state index contributed by atoms with van der Waals surface area (Å²) in [5.41, 5.74) is 1.36. The van der Waals surface area contributed by atoms with Crippen LogP contribution in [0.4, 0.5) is 27.1 Å². The zero-order valence-corrected chi connectivity index (χ0v) is 12.3. The minimum Gasteiger partial charge on any atom is -0.388 e. The third-order valence-electron chi connectivity index (χ3n) is 2.69. The summed E-state index contributed by atoms with van der Waals surface area (Å²) >= 11 is 11.4. The molecule has 0 aliphatic rings. The van der Waals surface area contributed by atoms with E-state index in [1.165, 1.54) is 24.3 Å². The SMILES string of the molecule is CNc1cc(Nc2cc(Cl)c(F)c(Cl)c2)cc([N+](=O)[O-])c1. The summed E-state index contributed by atoms with van der Waals surface area (Å²) in [6.45, 7) is 0. The van der Waals surface area contributed by atoms with Crippen molar-refractivity contribution in [3.63, 3.8) is 0 Å².